The monoisotopic (exact) mass is 337 g/mol. The van der Waals surface area contributed by atoms with Gasteiger partial charge in [-0.15, -0.1) is 0 Å². The Morgan fingerprint density at radius 2 is 2.29 bits per heavy atom. The molecule has 0 fully saturated rings. The number of nitrogens with two attached hydrogens (primary N) is 1. The van der Waals surface area contributed by atoms with Crippen LogP contribution in [0.15, 0.2) is 11.4 Å². The molecule has 0 saturated carbocycles. The summed E-state index contributed by atoms with van der Waals surface area (Å²) in [6.45, 7) is 6.71. The van der Waals surface area contributed by atoms with Crippen molar-refractivity contribution in [3.8, 4) is 0 Å². The fourth-order valence-electron chi connectivity index (χ4n) is 1.60. The predicted octanol–water partition coefficient (Wildman–Crippen LogP) is 2.47. The number of rotatable bonds is 5. The van der Waals surface area contributed by atoms with Gasteiger partial charge in [-0.2, -0.15) is 0 Å². The SMILES string of the molecule is CC[S][SnH]([CH2]C)[c]1ccsc1C(C)N. The summed E-state index contributed by atoms with van der Waals surface area (Å²) >= 11 is 0.353. The molecular weight excluding hydrogens is 317 g/mol. The zero-order valence-corrected chi connectivity index (χ0v) is 14.0. The Morgan fingerprint density at radius 3 is 2.79 bits per heavy atom. The molecule has 0 aliphatic heterocycles. The minimum absolute atomic E-state index is 0.230. The van der Waals surface area contributed by atoms with Crippen LogP contribution in [0.3, 0.4) is 0 Å². The van der Waals surface area contributed by atoms with Gasteiger partial charge >= 0.3 is 101 Å². The molecule has 0 saturated heterocycles. The Hall–Kier alpha value is 0.809. The first-order chi connectivity index (χ1) is 6.70. The van der Waals surface area contributed by atoms with E-state index in [1.165, 1.54) is 15.1 Å². The van der Waals surface area contributed by atoms with Crippen molar-refractivity contribution >= 4 is 42.2 Å². The number of hydrogen-bond acceptors (Lipinski definition) is 3. The van der Waals surface area contributed by atoms with Gasteiger partial charge < -0.3 is 0 Å². The molecule has 0 bridgehead atoms. The summed E-state index contributed by atoms with van der Waals surface area (Å²) in [6, 6.07) is 2.56. The number of thiophene rings is 1. The van der Waals surface area contributed by atoms with Crippen LogP contribution in [-0.2, 0) is 0 Å². The average Bonchev–Trinajstić information content (AvgIpc) is 2.62. The average molecular weight is 336 g/mol. The third kappa shape index (κ3) is 3.15. The van der Waals surface area contributed by atoms with Gasteiger partial charge in [0, 0.05) is 0 Å². The van der Waals surface area contributed by atoms with E-state index in [1.54, 1.807) is 3.58 Å². The molecule has 80 valence electrons. The van der Waals surface area contributed by atoms with Crippen molar-refractivity contribution in [3.63, 3.8) is 0 Å². The molecule has 4 heteroatoms. The van der Waals surface area contributed by atoms with Crippen molar-refractivity contribution < 1.29 is 0 Å². The van der Waals surface area contributed by atoms with Gasteiger partial charge in [0.2, 0.25) is 0 Å². The van der Waals surface area contributed by atoms with Gasteiger partial charge in [0.25, 0.3) is 0 Å². The van der Waals surface area contributed by atoms with Crippen LogP contribution in [0.2, 0.25) is 4.44 Å². The van der Waals surface area contributed by atoms with Crippen molar-refractivity contribution in [1.82, 2.24) is 0 Å². The maximum atomic E-state index is 5.98. The van der Waals surface area contributed by atoms with Crippen LogP contribution < -0.4 is 9.31 Å². The second-order valence-electron chi connectivity index (χ2n) is 3.38. The first-order valence-corrected chi connectivity index (χ1v) is 15.1. The Bertz CT molecular complexity index is 273. The second-order valence-corrected chi connectivity index (χ2v) is 18.8. The molecule has 2 unspecified atom stereocenters. The van der Waals surface area contributed by atoms with E-state index in [9.17, 15) is 0 Å². The van der Waals surface area contributed by atoms with Crippen LogP contribution in [0.25, 0.3) is 0 Å². The van der Waals surface area contributed by atoms with Crippen molar-refractivity contribution in [2.24, 2.45) is 5.73 Å². The normalized spacial score (nSPS) is 15.4. The van der Waals surface area contributed by atoms with Crippen LogP contribution in [0.5, 0.6) is 0 Å². The van der Waals surface area contributed by atoms with E-state index in [1.807, 2.05) is 11.3 Å². The number of hydrogen-bond donors (Lipinski definition) is 1. The Kier molecular flexibility index (Phi) is 5.89. The Balaban J connectivity index is 2.86. The molecule has 0 aliphatic rings. The molecule has 0 amide bonds. The van der Waals surface area contributed by atoms with Crippen molar-refractivity contribution in [2.45, 2.75) is 31.2 Å². The summed E-state index contributed by atoms with van der Waals surface area (Å²) in [4.78, 5) is 1.45. The molecule has 0 spiro atoms. The van der Waals surface area contributed by atoms with Crippen LogP contribution in [-0.4, -0.2) is 24.1 Å². The van der Waals surface area contributed by atoms with Crippen LogP contribution >= 0.6 is 20.3 Å². The van der Waals surface area contributed by atoms with Crippen molar-refractivity contribution in [2.75, 3.05) is 5.75 Å². The molecule has 14 heavy (non-hydrogen) atoms. The Morgan fingerprint density at radius 1 is 1.57 bits per heavy atom. The fraction of sp³-hybridized carbons (Fsp3) is 0.600. The van der Waals surface area contributed by atoms with Crippen molar-refractivity contribution in [3.05, 3.63) is 16.3 Å². The molecular formula is C10H19NS2Sn. The second kappa shape index (κ2) is 6.40. The third-order valence-electron chi connectivity index (χ3n) is 2.23. The molecule has 1 aromatic heterocycles. The summed E-state index contributed by atoms with van der Waals surface area (Å²) in [5.41, 5.74) is 5.98. The molecule has 1 heterocycles. The van der Waals surface area contributed by atoms with Crippen LogP contribution in [0.1, 0.15) is 31.7 Å². The first kappa shape index (κ1) is 12.9. The van der Waals surface area contributed by atoms with Gasteiger partial charge in [0.05, 0.1) is 0 Å². The van der Waals surface area contributed by atoms with Crippen molar-refractivity contribution in [1.29, 1.82) is 0 Å². The van der Waals surface area contributed by atoms with E-state index in [0.717, 1.165) is 0 Å². The molecule has 0 aliphatic carbocycles. The molecule has 1 nitrogen and oxygen atoms in total. The van der Waals surface area contributed by atoms with Gasteiger partial charge in [0.15, 0.2) is 0 Å². The molecule has 2 atom stereocenters. The summed E-state index contributed by atoms with van der Waals surface area (Å²) in [7, 11) is 2.23. The van der Waals surface area contributed by atoms with Gasteiger partial charge in [0.1, 0.15) is 0 Å². The maximum absolute atomic E-state index is 5.98. The van der Waals surface area contributed by atoms with Gasteiger partial charge in [-0.3, -0.25) is 0 Å². The van der Waals surface area contributed by atoms with Crippen LogP contribution in [0.4, 0.5) is 0 Å². The topological polar surface area (TPSA) is 26.0 Å². The first-order valence-electron chi connectivity index (χ1n) is 5.15. The minimum atomic E-state index is -1.49. The summed E-state index contributed by atoms with van der Waals surface area (Å²) < 4.78 is 3.07. The van der Waals surface area contributed by atoms with Crippen LogP contribution in [0, 0.1) is 0 Å². The van der Waals surface area contributed by atoms with E-state index >= 15 is 0 Å². The van der Waals surface area contributed by atoms with E-state index < -0.39 is 18.4 Å². The molecule has 1 rings (SSSR count). The fourth-order valence-corrected chi connectivity index (χ4v) is 17.8. The molecule has 0 radical (unpaired) electrons. The van der Waals surface area contributed by atoms with Gasteiger partial charge in [-0.05, 0) is 0 Å². The standard InChI is InChI=1S/C6H8NS.C2H6S.C2H5.Sn.H/c1-5(7)6-3-2-4-8-6;1-2-3;1-2;;/h2,4-5H,7H2,1H3;3H,2H2,1H3;1H2,2H3;;/q;;;+1;/p-1. The Labute approximate surface area is 101 Å². The van der Waals surface area contributed by atoms with E-state index in [4.69, 9.17) is 5.73 Å². The van der Waals surface area contributed by atoms with E-state index in [2.05, 4.69) is 41.2 Å². The molecule has 1 aromatic rings. The zero-order valence-electron chi connectivity index (χ0n) is 9.12. The van der Waals surface area contributed by atoms with Gasteiger partial charge in [-0.25, -0.2) is 0 Å². The zero-order chi connectivity index (χ0) is 10.6. The quantitative estimate of drug-likeness (QED) is 0.836. The van der Waals surface area contributed by atoms with Gasteiger partial charge in [-0.1, -0.05) is 0 Å². The predicted molar refractivity (Wildman–Crippen MR) is 72.3 cm³/mol. The molecule has 2 N–H and O–H groups in total. The van der Waals surface area contributed by atoms with E-state index in [0.29, 0.717) is 0 Å². The van der Waals surface area contributed by atoms with E-state index in [-0.39, 0.29) is 6.04 Å². The summed E-state index contributed by atoms with van der Waals surface area (Å²) in [5.74, 6) is 1.27. The summed E-state index contributed by atoms with van der Waals surface area (Å²) in [6.07, 6.45) is 0. The molecule has 0 aromatic carbocycles. The third-order valence-corrected chi connectivity index (χ3v) is 20.5. The summed E-state index contributed by atoms with van der Waals surface area (Å²) in [5, 5.41) is 2.21.